The fourth-order valence-electron chi connectivity index (χ4n) is 2.18. The van der Waals surface area contributed by atoms with Gasteiger partial charge in [0, 0.05) is 13.1 Å². The van der Waals surface area contributed by atoms with Crippen molar-refractivity contribution in [3.63, 3.8) is 0 Å². The summed E-state index contributed by atoms with van der Waals surface area (Å²) < 4.78 is 11.1. The van der Waals surface area contributed by atoms with E-state index in [9.17, 15) is 4.79 Å². The summed E-state index contributed by atoms with van der Waals surface area (Å²) in [4.78, 5) is 11.7. The number of ether oxygens (including phenoxy) is 2. The van der Waals surface area contributed by atoms with E-state index in [2.05, 4.69) is 5.43 Å². The van der Waals surface area contributed by atoms with Crippen LogP contribution in [0.2, 0.25) is 0 Å². The zero-order valence-electron chi connectivity index (χ0n) is 13.0. The number of hydrogen-bond acceptors (Lipinski definition) is 4. The number of nitrogens with zero attached hydrogens (tertiary/aromatic N) is 1. The topological polar surface area (TPSA) is 50.8 Å². The molecule has 1 atom stereocenters. The average Bonchev–Trinajstić information content (AvgIpc) is 2.83. The standard InChI is InChI=1S/C16H24N2O3/c1-16(2,3)21-15(19)17-18-10-9-14(11-18)20-12-13-7-5-4-6-8-13/h4-8,14H,9-12H2,1-3H3,(H,17,19). The predicted molar refractivity (Wildman–Crippen MR) is 80.6 cm³/mol. The maximum Gasteiger partial charge on any atom is 0.422 e. The van der Waals surface area contributed by atoms with Crippen molar-refractivity contribution >= 4 is 6.09 Å². The van der Waals surface area contributed by atoms with E-state index in [1.807, 2.05) is 56.1 Å². The lowest BCUT2D eigenvalue weighted by Gasteiger charge is -2.23. The Bertz CT molecular complexity index is 456. The molecule has 5 nitrogen and oxygen atoms in total. The normalized spacial score (nSPS) is 19.5. The SMILES string of the molecule is CC(C)(C)OC(=O)NN1CCC(OCc2ccccc2)C1. The number of nitrogens with one attached hydrogen (secondary N) is 1. The molecule has 0 spiro atoms. The Balaban J connectivity index is 1.70. The number of benzene rings is 1. The van der Waals surface area contributed by atoms with Crippen LogP contribution in [0.15, 0.2) is 30.3 Å². The first-order chi connectivity index (χ1) is 9.92. The van der Waals surface area contributed by atoms with Gasteiger partial charge in [-0.25, -0.2) is 9.80 Å². The van der Waals surface area contributed by atoms with Gasteiger partial charge >= 0.3 is 6.09 Å². The second-order valence-electron chi connectivity index (χ2n) is 6.27. The first-order valence-electron chi connectivity index (χ1n) is 7.32. The van der Waals surface area contributed by atoms with Gasteiger partial charge in [0.05, 0.1) is 12.7 Å². The molecular weight excluding hydrogens is 268 g/mol. The quantitative estimate of drug-likeness (QED) is 0.927. The van der Waals surface area contributed by atoms with Gasteiger partial charge in [-0.15, -0.1) is 0 Å². The van der Waals surface area contributed by atoms with Crippen LogP contribution in [0, 0.1) is 0 Å². The number of hydrogen-bond donors (Lipinski definition) is 1. The molecule has 0 aromatic heterocycles. The molecule has 2 rings (SSSR count). The van der Waals surface area contributed by atoms with E-state index in [-0.39, 0.29) is 6.10 Å². The van der Waals surface area contributed by atoms with Crippen molar-refractivity contribution in [2.24, 2.45) is 0 Å². The van der Waals surface area contributed by atoms with Gasteiger partial charge in [0.1, 0.15) is 5.60 Å². The summed E-state index contributed by atoms with van der Waals surface area (Å²) in [6.07, 6.45) is 0.633. The van der Waals surface area contributed by atoms with Crippen LogP contribution >= 0.6 is 0 Å². The maximum absolute atomic E-state index is 11.7. The van der Waals surface area contributed by atoms with Crippen LogP contribution in [0.5, 0.6) is 0 Å². The molecule has 0 aliphatic carbocycles. The zero-order valence-corrected chi connectivity index (χ0v) is 13.0. The van der Waals surface area contributed by atoms with Crippen molar-refractivity contribution in [1.29, 1.82) is 0 Å². The average molecular weight is 292 g/mol. The molecule has 1 aliphatic rings. The van der Waals surface area contributed by atoms with E-state index in [4.69, 9.17) is 9.47 Å². The van der Waals surface area contributed by atoms with E-state index in [1.54, 1.807) is 0 Å². The van der Waals surface area contributed by atoms with Gasteiger partial charge < -0.3 is 9.47 Å². The van der Waals surface area contributed by atoms with E-state index < -0.39 is 11.7 Å². The van der Waals surface area contributed by atoms with Crippen LogP contribution in [-0.4, -0.2) is 35.9 Å². The molecule has 21 heavy (non-hydrogen) atoms. The van der Waals surface area contributed by atoms with E-state index >= 15 is 0 Å². The third-order valence-corrected chi connectivity index (χ3v) is 3.12. The van der Waals surface area contributed by atoms with Crippen molar-refractivity contribution in [3.05, 3.63) is 35.9 Å². The minimum Gasteiger partial charge on any atom is -0.443 e. The molecule has 1 aliphatic heterocycles. The molecule has 5 heteroatoms. The summed E-state index contributed by atoms with van der Waals surface area (Å²) in [5.74, 6) is 0. The first-order valence-corrected chi connectivity index (χ1v) is 7.32. The van der Waals surface area contributed by atoms with Crippen LogP contribution in [0.3, 0.4) is 0 Å². The number of carbonyl (C=O) groups is 1. The van der Waals surface area contributed by atoms with Gasteiger partial charge in [0.15, 0.2) is 0 Å². The van der Waals surface area contributed by atoms with Gasteiger partial charge in [-0.05, 0) is 32.8 Å². The van der Waals surface area contributed by atoms with Crippen molar-refractivity contribution in [3.8, 4) is 0 Å². The Morgan fingerprint density at radius 2 is 2.05 bits per heavy atom. The van der Waals surface area contributed by atoms with Crippen molar-refractivity contribution in [2.75, 3.05) is 13.1 Å². The number of hydrazine groups is 1. The third-order valence-electron chi connectivity index (χ3n) is 3.12. The van der Waals surface area contributed by atoms with Crippen LogP contribution in [0.4, 0.5) is 4.79 Å². The zero-order chi connectivity index (χ0) is 15.3. The highest BCUT2D eigenvalue weighted by molar-refractivity contribution is 5.67. The molecule has 0 bridgehead atoms. The smallest absolute Gasteiger partial charge is 0.422 e. The summed E-state index contributed by atoms with van der Waals surface area (Å²) in [5.41, 5.74) is 3.44. The second-order valence-corrected chi connectivity index (χ2v) is 6.27. The highest BCUT2D eigenvalue weighted by Gasteiger charge is 2.26. The van der Waals surface area contributed by atoms with Gasteiger partial charge in [-0.3, -0.25) is 5.43 Å². The third kappa shape index (κ3) is 5.73. The molecule has 116 valence electrons. The minimum absolute atomic E-state index is 0.139. The maximum atomic E-state index is 11.7. The summed E-state index contributed by atoms with van der Waals surface area (Å²) >= 11 is 0. The summed E-state index contributed by atoms with van der Waals surface area (Å²) in [6, 6.07) is 10.1. The molecule has 1 N–H and O–H groups in total. The molecule has 1 amide bonds. The largest absolute Gasteiger partial charge is 0.443 e. The van der Waals surface area contributed by atoms with E-state index in [0.717, 1.165) is 18.5 Å². The molecule has 1 saturated heterocycles. The monoisotopic (exact) mass is 292 g/mol. The molecule has 1 heterocycles. The molecule has 0 radical (unpaired) electrons. The number of carbonyl (C=O) groups excluding carboxylic acids is 1. The number of rotatable bonds is 4. The van der Waals surface area contributed by atoms with Crippen molar-refractivity contribution < 1.29 is 14.3 Å². The Morgan fingerprint density at radius 1 is 1.33 bits per heavy atom. The highest BCUT2D eigenvalue weighted by atomic mass is 16.6. The molecule has 1 unspecified atom stereocenters. The molecule has 0 saturated carbocycles. The van der Waals surface area contributed by atoms with Crippen LogP contribution in [0.25, 0.3) is 0 Å². The van der Waals surface area contributed by atoms with Crippen molar-refractivity contribution in [1.82, 2.24) is 10.4 Å². The predicted octanol–water partition coefficient (Wildman–Crippen LogP) is 2.72. The Kier molecular flexibility index (Phi) is 5.20. The van der Waals surface area contributed by atoms with E-state index in [0.29, 0.717) is 13.2 Å². The van der Waals surface area contributed by atoms with E-state index in [1.165, 1.54) is 0 Å². The lowest BCUT2D eigenvalue weighted by atomic mass is 10.2. The Hall–Kier alpha value is -1.59. The van der Waals surface area contributed by atoms with Crippen LogP contribution in [-0.2, 0) is 16.1 Å². The summed E-state index contributed by atoms with van der Waals surface area (Å²) in [6.45, 7) is 7.61. The Labute approximate surface area is 126 Å². The van der Waals surface area contributed by atoms with Gasteiger partial charge in [-0.1, -0.05) is 30.3 Å². The Morgan fingerprint density at radius 3 is 2.71 bits per heavy atom. The summed E-state index contributed by atoms with van der Waals surface area (Å²) in [5, 5.41) is 1.85. The molecular formula is C16H24N2O3. The van der Waals surface area contributed by atoms with Crippen LogP contribution in [0.1, 0.15) is 32.8 Å². The lowest BCUT2D eigenvalue weighted by Crippen LogP contribution is -2.43. The van der Waals surface area contributed by atoms with Crippen molar-refractivity contribution in [2.45, 2.75) is 45.5 Å². The molecule has 1 aromatic rings. The fraction of sp³-hybridized carbons (Fsp3) is 0.562. The highest BCUT2D eigenvalue weighted by Crippen LogP contribution is 2.14. The number of amides is 1. The summed E-state index contributed by atoms with van der Waals surface area (Å²) in [7, 11) is 0. The van der Waals surface area contributed by atoms with Crippen LogP contribution < -0.4 is 5.43 Å². The van der Waals surface area contributed by atoms with Gasteiger partial charge in [0.2, 0.25) is 0 Å². The second kappa shape index (κ2) is 6.91. The molecule has 1 fully saturated rings. The minimum atomic E-state index is -0.479. The molecule has 1 aromatic carbocycles. The first kappa shape index (κ1) is 15.8. The van der Waals surface area contributed by atoms with Gasteiger partial charge in [-0.2, -0.15) is 0 Å². The fourth-order valence-corrected chi connectivity index (χ4v) is 2.18. The van der Waals surface area contributed by atoms with Gasteiger partial charge in [0.25, 0.3) is 0 Å². The lowest BCUT2D eigenvalue weighted by molar-refractivity contribution is 0.0250.